The van der Waals surface area contributed by atoms with Crippen molar-refractivity contribution in [2.45, 2.75) is 17.7 Å². The number of benzene rings is 3. The van der Waals surface area contributed by atoms with E-state index in [0.29, 0.717) is 18.7 Å². The average Bonchev–Trinajstić information content (AvgIpc) is 2.84. The molecule has 0 fully saturated rings. The number of nitrogens with one attached hydrogen (secondary N) is 1. The van der Waals surface area contributed by atoms with Crippen LogP contribution in [0.15, 0.2) is 71.6 Å². The lowest BCUT2D eigenvalue weighted by atomic mass is 10.0. The van der Waals surface area contributed by atoms with Crippen molar-refractivity contribution in [3.63, 3.8) is 0 Å². The molecule has 0 atom stereocenters. The van der Waals surface area contributed by atoms with Gasteiger partial charge in [0.1, 0.15) is 17.3 Å². The SMILES string of the molecule is O=C(COC(=O)c1ccc(S(=O)(=O)N2CCCc3ccccc32)cc1)Nc1c(F)cccc1F. The standard InChI is InChI=1S/C24H20F2N2O5S/c25-19-7-3-8-20(26)23(19)27-22(29)15-33-24(30)17-10-12-18(13-11-17)34(31,32)28-14-4-6-16-5-1-2-9-21(16)28/h1-3,5,7-13H,4,6,14-15H2,(H,27,29). The Balaban J connectivity index is 1.41. The molecule has 1 aliphatic rings. The highest BCUT2D eigenvalue weighted by Gasteiger charge is 2.29. The van der Waals surface area contributed by atoms with Gasteiger partial charge >= 0.3 is 5.97 Å². The molecule has 0 bridgehead atoms. The summed E-state index contributed by atoms with van der Waals surface area (Å²) < 4.78 is 59.8. The van der Waals surface area contributed by atoms with Gasteiger partial charge in [-0.15, -0.1) is 0 Å². The van der Waals surface area contributed by atoms with E-state index in [-0.39, 0.29) is 10.5 Å². The van der Waals surface area contributed by atoms with Crippen molar-refractivity contribution in [2.24, 2.45) is 0 Å². The first-order valence-electron chi connectivity index (χ1n) is 10.4. The number of carbonyl (C=O) groups is 2. The number of hydrogen-bond donors (Lipinski definition) is 1. The van der Waals surface area contributed by atoms with E-state index in [0.717, 1.165) is 30.2 Å². The first kappa shape index (κ1) is 23.4. The fraction of sp³-hybridized carbons (Fsp3) is 0.167. The van der Waals surface area contributed by atoms with Gasteiger partial charge in [0.25, 0.3) is 15.9 Å². The van der Waals surface area contributed by atoms with Crippen LogP contribution in [-0.2, 0) is 26.0 Å². The van der Waals surface area contributed by atoms with Gasteiger partial charge in [0.05, 0.1) is 16.1 Å². The Morgan fingerprint density at radius 2 is 1.62 bits per heavy atom. The summed E-state index contributed by atoms with van der Waals surface area (Å²) >= 11 is 0. The zero-order valence-electron chi connectivity index (χ0n) is 17.8. The van der Waals surface area contributed by atoms with Crippen LogP contribution in [0.25, 0.3) is 0 Å². The smallest absolute Gasteiger partial charge is 0.338 e. The number of para-hydroxylation sites is 2. The lowest BCUT2D eigenvalue weighted by Crippen LogP contribution is -2.35. The second-order valence-electron chi connectivity index (χ2n) is 7.55. The number of carbonyl (C=O) groups excluding carboxylic acids is 2. The molecule has 4 rings (SSSR count). The highest BCUT2D eigenvalue weighted by molar-refractivity contribution is 7.92. The molecule has 3 aromatic rings. The number of rotatable bonds is 6. The quantitative estimate of drug-likeness (QED) is 0.534. The number of fused-ring (bicyclic) bond motifs is 1. The summed E-state index contributed by atoms with van der Waals surface area (Å²) in [4.78, 5) is 24.2. The molecule has 0 saturated heterocycles. The van der Waals surface area contributed by atoms with Gasteiger partial charge in [0.15, 0.2) is 6.61 Å². The minimum atomic E-state index is -3.84. The highest BCUT2D eigenvalue weighted by atomic mass is 32.2. The first-order chi connectivity index (χ1) is 16.3. The summed E-state index contributed by atoms with van der Waals surface area (Å²) in [6.45, 7) is -0.432. The number of nitrogens with zero attached hydrogens (tertiary/aromatic N) is 1. The van der Waals surface area contributed by atoms with Crippen LogP contribution >= 0.6 is 0 Å². The summed E-state index contributed by atoms with van der Waals surface area (Å²) in [5, 5.41) is 2.01. The molecule has 0 aliphatic carbocycles. The van der Waals surface area contributed by atoms with E-state index in [2.05, 4.69) is 0 Å². The van der Waals surface area contributed by atoms with Crippen molar-refractivity contribution in [3.8, 4) is 0 Å². The highest BCUT2D eigenvalue weighted by Crippen LogP contribution is 2.31. The Labute approximate surface area is 195 Å². The van der Waals surface area contributed by atoms with E-state index < -0.39 is 45.8 Å². The third-order valence-electron chi connectivity index (χ3n) is 5.31. The molecule has 1 heterocycles. The molecule has 0 aromatic heterocycles. The maximum absolute atomic E-state index is 13.6. The number of aryl methyl sites for hydroxylation is 1. The van der Waals surface area contributed by atoms with Gasteiger partial charge < -0.3 is 10.1 Å². The second kappa shape index (κ2) is 9.60. The number of sulfonamides is 1. The van der Waals surface area contributed by atoms with E-state index in [1.54, 1.807) is 12.1 Å². The molecule has 0 saturated carbocycles. The van der Waals surface area contributed by atoms with Gasteiger partial charge in [-0.2, -0.15) is 0 Å². The fourth-order valence-electron chi connectivity index (χ4n) is 3.65. The number of halogens is 2. The summed E-state index contributed by atoms with van der Waals surface area (Å²) in [5.41, 5.74) is 0.959. The largest absolute Gasteiger partial charge is 0.452 e. The maximum Gasteiger partial charge on any atom is 0.338 e. The topological polar surface area (TPSA) is 92.8 Å². The zero-order valence-corrected chi connectivity index (χ0v) is 18.6. The maximum atomic E-state index is 13.6. The summed E-state index contributed by atoms with van der Waals surface area (Å²) in [6, 6.07) is 15.5. The van der Waals surface area contributed by atoms with Crippen LogP contribution < -0.4 is 9.62 Å². The van der Waals surface area contributed by atoms with Gasteiger partial charge in [-0.3, -0.25) is 9.10 Å². The monoisotopic (exact) mass is 486 g/mol. The predicted octanol–water partition coefficient (Wildman–Crippen LogP) is 3.90. The third kappa shape index (κ3) is 4.76. The van der Waals surface area contributed by atoms with E-state index in [4.69, 9.17) is 4.74 Å². The number of amides is 1. The lowest BCUT2D eigenvalue weighted by molar-refractivity contribution is -0.119. The average molecular weight is 486 g/mol. The molecule has 1 aliphatic heterocycles. The van der Waals surface area contributed by atoms with Crippen LogP contribution in [0.5, 0.6) is 0 Å². The van der Waals surface area contributed by atoms with Crippen molar-refractivity contribution in [1.82, 2.24) is 0 Å². The Hall–Kier alpha value is -3.79. The van der Waals surface area contributed by atoms with E-state index in [1.165, 1.54) is 28.6 Å². The van der Waals surface area contributed by atoms with Crippen molar-refractivity contribution >= 4 is 33.3 Å². The molecule has 34 heavy (non-hydrogen) atoms. The Morgan fingerprint density at radius 1 is 0.941 bits per heavy atom. The van der Waals surface area contributed by atoms with Gasteiger partial charge in [0, 0.05) is 6.54 Å². The van der Waals surface area contributed by atoms with E-state index in [9.17, 15) is 26.8 Å². The molecule has 1 amide bonds. The number of ether oxygens (including phenoxy) is 1. The minimum Gasteiger partial charge on any atom is -0.452 e. The molecule has 0 unspecified atom stereocenters. The molecule has 0 spiro atoms. The predicted molar refractivity (Wildman–Crippen MR) is 121 cm³/mol. The normalized spacial score (nSPS) is 13.2. The second-order valence-corrected chi connectivity index (χ2v) is 9.42. The molecule has 0 radical (unpaired) electrons. The van der Waals surface area contributed by atoms with E-state index >= 15 is 0 Å². The van der Waals surface area contributed by atoms with Crippen molar-refractivity contribution in [1.29, 1.82) is 0 Å². The van der Waals surface area contributed by atoms with Gasteiger partial charge in [0.2, 0.25) is 0 Å². The minimum absolute atomic E-state index is 0.00789. The molecular formula is C24H20F2N2O5S. The molecular weight excluding hydrogens is 466 g/mol. The Kier molecular flexibility index (Phi) is 6.60. The van der Waals surface area contributed by atoms with Crippen LogP contribution in [0.3, 0.4) is 0 Å². The summed E-state index contributed by atoms with van der Waals surface area (Å²) in [5.74, 6) is -3.75. The number of hydrogen-bond acceptors (Lipinski definition) is 5. The third-order valence-corrected chi connectivity index (χ3v) is 7.13. The van der Waals surface area contributed by atoms with Gasteiger partial charge in [-0.05, 0) is 60.9 Å². The van der Waals surface area contributed by atoms with Gasteiger partial charge in [-0.25, -0.2) is 22.0 Å². The van der Waals surface area contributed by atoms with Crippen molar-refractivity contribution in [2.75, 3.05) is 22.8 Å². The fourth-order valence-corrected chi connectivity index (χ4v) is 5.19. The molecule has 7 nitrogen and oxygen atoms in total. The van der Waals surface area contributed by atoms with Crippen molar-refractivity contribution < 1.29 is 31.5 Å². The summed E-state index contributed by atoms with van der Waals surface area (Å²) in [7, 11) is -3.84. The van der Waals surface area contributed by atoms with Crippen LogP contribution in [0, 0.1) is 11.6 Å². The Bertz CT molecular complexity index is 1320. The first-order valence-corrected chi connectivity index (χ1v) is 11.8. The molecule has 10 heteroatoms. The van der Waals surface area contributed by atoms with E-state index in [1.807, 2.05) is 17.4 Å². The van der Waals surface area contributed by atoms with Crippen molar-refractivity contribution in [3.05, 3.63) is 89.5 Å². The van der Waals surface area contributed by atoms with Gasteiger partial charge in [-0.1, -0.05) is 24.3 Å². The molecule has 3 aromatic carbocycles. The summed E-state index contributed by atoms with van der Waals surface area (Å²) in [6.07, 6.45) is 1.49. The van der Waals surface area contributed by atoms with Crippen LogP contribution in [0.4, 0.5) is 20.2 Å². The molecule has 176 valence electrons. The zero-order chi connectivity index (χ0) is 24.3. The number of anilines is 2. The lowest BCUT2D eigenvalue weighted by Gasteiger charge is -2.30. The van der Waals surface area contributed by atoms with Crippen LogP contribution in [0.1, 0.15) is 22.3 Å². The van der Waals surface area contributed by atoms with Crippen LogP contribution in [-0.4, -0.2) is 33.4 Å². The number of esters is 1. The Morgan fingerprint density at radius 3 is 2.32 bits per heavy atom. The molecule has 1 N–H and O–H groups in total. The van der Waals surface area contributed by atoms with Crippen LogP contribution in [0.2, 0.25) is 0 Å².